The van der Waals surface area contributed by atoms with Gasteiger partial charge >= 0.3 is 0 Å². The van der Waals surface area contributed by atoms with Crippen molar-refractivity contribution in [2.24, 2.45) is 5.92 Å². The molecule has 2 fully saturated rings. The predicted molar refractivity (Wildman–Crippen MR) is 57.1 cm³/mol. The van der Waals surface area contributed by atoms with Crippen LogP contribution in [0.3, 0.4) is 0 Å². The summed E-state index contributed by atoms with van der Waals surface area (Å²) in [6.45, 7) is 1.81. The second-order valence-electron chi connectivity index (χ2n) is 4.44. The van der Waals surface area contributed by atoms with Gasteiger partial charge in [-0.1, -0.05) is 0 Å². The Morgan fingerprint density at radius 1 is 1.54 bits per heavy atom. The van der Waals surface area contributed by atoms with Crippen molar-refractivity contribution in [3.63, 3.8) is 0 Å². The number of thioether (sulfide) groups is 1. The van der Waals surface area contributed by atoms with E-state index in [-0.39, 0.29) is 5.60 Å². The second kappa shape index (κ2) is 4.20. The first-order chi connectivity index (χ1) is 6.29. The highest BCUT2D eigenvalue weighted by Gasteiger charge is 2.33. The second-order valence-corrected chi connectivity index (χ2v) is 5.59. The van der Waals surface area contributed by atoms with Gasteiger partial charge in [0.05, 0.1) is 5.60 Å². The van der Waals surface area contributed by atoms with Crippen LogP contribution < -0.4 is 5.32 Å². The fourth-order valence-electron chi connectivity index (χ4n) is 2.41. The third kappa shape index (κ3) is 2.61. The van der Waals surface area contributed by atoms with Gasteiger partial charge in [0.25, 0.3) is 0 Å². The standard InChI is InChI=1S/C10H19NOS/c12-10(3-4-11-8-10)6-9-2-1-5-13-7-9/h9,11-12H,1-8H2. The van der Waals surface area contributed by atoms with Gasteiger partial charge in [-0.25, -0.2) is 0 Å². The monoisotopic (exact) mass is 201 g/mol. The van der Waals surface area contributed by atoms with Crippen molar-refractivity contribution in [3.05, 3.63) is 0 Å². The Morgan fingerprint density at radius 2 is 2.46 bits per heavy atom. The zero-order chi connectivity index (χ0) is 9.15. The Kier molecular flexibility index (Phi) is 3.17. The lowest BCUT2D eigenvalue weighted by atomic mass is 9.88. The van der Waals surface area contributed by atoms with E-state index in [4.69, 9.17) is 0 Å². The zero-order valence-electron chi connectivity index (χ0n) is 8.09. The van der Waals surface area contributed by atoms with E-state index >= 15 is 0 Å². The summed E-state index contributed by atoms with van der Waals surface area (Å²) in [5.41, 5.74) is -0.372. The smallest absolute Gasteiger partial charge is 0.0786 e. The highest BCUT2D eigenvalue weighted by molar-refractivity contribution is 7.99. The predicted octanol–water partition coefficient (Wildman–Crippen LogP) is 1.24. The van der Waals surface area contributed by atoms with E-state index in [0.29, 0.717) is 0 Å². The van der Waals surface area contributed by atoms with Crippen LogP contribution in [0.2, 0.25) is 0 Å². The molecule has 2 heterocycles. The third-order valence-electron chi connectivity index (χ3n) is 3.14. The Morgan fingerprint density at radius 3 is 3.08 bits per heavy atom. The van der Waals surface area contributed by atoms with Gasteiger partial charge in [0.2, 0.25) is 0 Å². The molecular weight excluding hydrogens is 182 g/mol. The van der Waals surface area contributed by atoms with Gasteiger partial charge in [-0.2, -0.15) is 11.8 Å². The Balaban J connectivity index is 1.81. The molecule has 2 rings (SSSR count). The van der Waals surface area contributed by atoms with Crippen LogP contribution in [0.1, 0.15) is 25.7 Å². The number of β-amino-alcohol motifs (C(OH)–C–C–N with tert-alkyl or cyclic N) is 1. The minimum absolute atomic E-state index is 0.372. The number of aliphatic hydroxyl groups is 1. The number of hydrogen-bond donors (Lipinski definition) is 2. The molecule has 2 aliphatic rings. The lowest BCUT2D eigenvalue weighted by Crippen LogP contribution is -2.35. The SMILES string of the molecule is OC1(CC2CCCSC2)CCNC1. The van der Waals surface area contributed by atoms with Crippen LogP contribution in [0.4, 0.5) is 0 Å². The molecular formula is C10H19NOS. The maximum Gasteiger partial charge on any atom is 0.0786 e. The molecule has 76 valence electrons. The maximum atomic E-state index is 10.2. The van der Waals surface area contributed by atoms with Crippen molar-refractivity contribution in [1.82, 2.24) is 5.32 Å². The van der Waals surface area contributed by atoms with Crippen molar-refractivity contribution in [2.75, 3.05) is 24.6 Å². The zero-order valence-corrected chi connectivity index (χ0v) is 8.91. The van der Waals surface area contributed by atoms with Crippen LogP contribution in [0.5, 0.6) is 0 Å². The molecule has 0 aliphatic carbocycles. The molecule has 13 heavy (non-hydrogen) atoms. The first-order valence-corrected chi connectivity index (χ1v) is 6.45. The lowest BCUT2D eigenvalue weighted by molar-refractivity contribution is 0.0365. The minimum Gasteiger partial charge on any atom is -0.389 e. The fraction of sp³-hybridized carbons (Fsp3) is 1.00. The average molecular weight is 201 g/mol. The summed E-state index contributed by atoms with van der Waals surface area (Å²) >= 11 is 2.05. The highest BCUT2D eigenvalue weighted by Crippen LogP contribution is 2.31. The minimum atomic E-state index is -0.372. The fourth-order valence-corrected chi connectivity index (χ4v) is 3.57. The van der Waals surface area contributed by atoms with Crippen LogP contribution in [-0.2, 0) is 0 Å². The van der Waals surface area contributed by atoms with E-state index in [1.54, 1.807) is 0 Å². The molecule has 0 spiro atoms. The maximum absolute atomic E-state index is 10.2. The largest absolute Gasteiger partial charge is 0.389 e. The van der Waals surface area contributed by atoms with Gasteiger partial charge in [-0.05, 0) is 49.7 Å². The summed E-state index contributed by atoms with van der Waals surface area (Å²) in [4.78, 5) is 0. The third-order valence-corrected chi connectivity index (χ3v) is 4.43. The first-order valence-electron chi connectivity index (χ1n) is 5.29. The summed E-state index contributed by atoms with van der Waals surface area (Å²) in [6.07, 6.45) is 4.65. The van der Waals surface area contributed by atoms with Crippen LogP contribution in [0, 0.1) is 5.92 Å². The summed E-state index contributed by atoms with van der Waals surface area (Å²) in [7, 11) is 0. The highest BCUT2D eigenvalue weighted by atomic mass is 32.2. The molecule has 0 radical (unpaired) electrons. The van der Waals surface area contributed by atoms with E-state index in [1.165, 1.54) is 24.3 Å². The molecule has 2 nitrogen and oxygen atoms in total. The quantitative estimate of drug-likeness (QED) is 0.705. The van der Waals surface area contributed by atoms with Crippen LogP contribution in [0.15, 0.2) is 0 Å². The van der Waals surface area contributed by atoms with Crippen LogP contribution in [-0.4, -0.2) is 35.3 Å². The van der Waals surface area contributed by atoms with Gasteiger partial charge in [0.15, 0.2) is 0 Å². The Hall–Kier alpha value is 0.270. The Bertz CT molecular complexity index is 162. The van der Waals surface area contributed by atoms with E-state index in [9.17, 15) is 5.11 Å². The molecule has 0 aromatic heterocycles. The van der Waals surface area contributed by atoms with E-state index in [0.717, 1.165) is 31.8 Å². The Labute approximate surface area is 84.5 Å². The normalized spacial score (nSPS) is 40.8. The molecule has 0 aromatic rings. The summed E-state index contributed by atoms with van der Waals surface area (Å²) in [6, 6.07) is 0. The average Bonchev–Trinajstić information content (AvgIpc) is 2.54. The molecule has 0 amide bonds. The molecule has 0 saturated carbocycles. The van der Waals surface area contributed by atoms with Gasteiger partial charge < -0.3 is 10.4 Å². The van der Waals surface area contributed by atoms with Crippen LogP contribution >= 0.6 is 11.8 Å². The number of rotatable bonds is 2. The van der Waals surface area contributed by atoms with Crippen molar-refractivity contribution < 1.29 is 5.11 Å². The molecule has 2 saturated heterocycles. The number of nitrogens with one attached hydrogen (secondary N) is 1. The van der Waals surface area contributed by atoms with Crippen molar-refractivity contribution in [2.45, 2.75) is 31.3 Å². The van der Waals surface area contributed by atoms with E-state index in [2.05, 4.69) is 17.1 Å². The molecule has 2 atom stereocenters. The van der Waals surface area contributed by atoms with Crippen LogP contribution in [0.25, 0.3) is 0 Å². The molecule has 3 heteroatoms. The number of hydrogen-bond acceptors (Lipinski definition) is 3. The summed E-state index contributed by atoms with van der Waals surface area (Å²) in [5, 5.41) is 13.4. The van der Waals surface area contributed by atoms with Gasteiger partial charge in [-0.3, -0.25) is 0 Å². The molecule has 0 aromatic carbocycles. The molecule has 2 N–H and O–H groups in total. The molecule has 2 aliphatic heterocycles. The summed E-state index contributed by atoms with van der Waals surface area (Å²) < 4.78 is 0. The van der Waals surface area contributed by atoms with Crippen molar-refractivity contribution in [3.8, 4) is 0 Å². The summed E-state index contributed by atoms with van der Waals surface area (Å²) in [5.74, 6) is 3.36. The van der Waals surface area contributed by atoms with Gasteiger partial charge in [-0.15, -0.1) is 0 Å². The molecule has 2 unspecified atom stereocenters. The van der Waals surface area contributed by atoms with Gasteiger partial charge in [0, 0.05) is 6.54 Å². The lowest BCUT2D eigenvalue weighted by Gasteiger charge is -2.29. The molecule has 0 bridgehead atoms. The van der Waals surface area contributed by atoms with E-state index < -0.39 is 0 Å². The topological polar surface area (TPSA) is 32.3 Å². The van der Waals surface area contributed by atoms with Crippen molar-refractivity contribution >= 4 is 11.8 Å². The van der Waals surface area contributed by atoms with E-state index in [1.807, 2.05) is 0 Å². The van der Waals surface area contributed by atoms with Gasteiger partial charge in [0.1, 0.15) is 0 Å². The first kappa shape index (κ1) is 9.81. The van der Waals surface area contributed by atoms with Crippen molar-refractivity contribution in [1.29, 1.82) is 0 Å².